The number of para-hydroxylation sites is 1. The maximum absolute atomic E-state index is 10.9. The van der Waals surface area contributed by atoms with Crippen LogP contribution in [0.15, 0.2) is 24.3 Å². The van der Waals surface area contributed by atoms with Crippen molar-refractivity contribution in [2.24, 2.45) is 0 Å². The Balaban J connectivity index is 2.21. The van der Waals surface area contributed by atoms with Crippen molar-refractivity contribution in [1.82, 2.24) is 5.32 Å². The number of anilines is 1. The van der Waals surface area contributed by atoms with Gasteiger partial charge >= 0.3 is 5.97 Å². The highest BCUT2D eigenvalue weighted by molar-refractivity contribution is 5.68. The number of aryl methyl sites for hydroxylation is 1. The Bertz CT molecular complexity index is 471. The third-order valence-electron chi connectivity index (χ3n) is 3.50. The highest BCUT2D eigenvalue weighted by Gasteiger charge is 2.33. The summed E-state index contributed by atoms with van der Waals surface area (Å²) in [5.41, 5.74) is 2.35. The van der Waals surface area contributed by atoms with E-state index in [1.165, 1.54) is 11.3 Å². The fraction of sp³-hybridized carbons (Fsp3) is 0.533. The number of aliphatic carboxylic acids is 1. The molecule has 4 nitrogen and oxygen atoms in total. The molecule has 1 atom stereocenters. The molecule has 4 heteroatoms. The van der Waals surface area contributed by atoms with Gasteiger partial charge in [0.1, 0.15) is 0 Å². The van der Waals surface area contributed by atoms with Gasteiger partial charge in [0, 0.05) is 30.4 Å². The second-order valence-corrected chi connectivity index (χ2v) is 5.99. The molecule has 0 radical (unpaired) electrons. The van der Waals surface area contributed by atoms with E-state index in [0.29, 0.717) is 0 Å². The van der Waals surface area contributed by atoms with Crippen LogP contribution in [0.1, 0.15) is 25.8 Å². The van der Waals surface area contributed by atoms with Gasteiger partial charge in [-0.05, 0) is 32.4 Å². The molecule has 1 unspecified atom stereocenters. The molecule has 1 heterocycles. The van der Waals surface area contributed by atoms with E-state index < -0.39 is 5.97 Å². The van der Waals surface area contributed by atoms with Crippen LogP contribution in [0.3, 0.4) is 0 Å². The Labute approximate surface area is 114 Å². The summed E-state index contributed by atoms with van der Waals surface area (Å²) in [7, 11) is 0. The Kier molecular flexibility index (Phi) is 3.80. The first kappa shape index (κ1) is 13.9. The number of hydrogen-bond donors (Lipinski definition) is 2. The zero-order valence-corrected chi connectivity index (χ0v) is 11.8. The zero-order chi connectivity index (χ0) is 14.0. The average Bonchev–Trinajstić information content (AvgIpc) is 2.26. The van der Waals surface area contributed by atoms with Crippen molar-refractivity contribution in [2.45, 2.75) is 38.8 Å². The van der Waals surface area contributed by atoms with Crippen LogP contribution in [0.4, 0.5) is 5.69 Å². The molecule has 1 aromatic carbocycles. The molecule has 2 rings (SSSR count). The molecule has 19 heavy (non-hydrogen) atoms. The maximum Gasteiger partial charge on any atom is 0.304 e. The minimum absolute atomic E-state index is 0.0131. The Hall–Kier alpha value is -1.55. The van der Waals surface area contributed by atoms with Gasteiger partial charge in [-0.1, -0.05) is 18.2 Å². The van der Waals surface area contributed by atoms with Crippen LogP contribution < -0.4 is 10.2 Å². The summed E-state index contributed by atoms with van der Waals surface area (Å²) in [6.07, 6.45) is 0.159. The van der Waals surface area contributed by atoms with Crippen molar-refractivity contribution in [1.29, 1.82) is 0 Å². The highest BCUT2D eigenvalue weighted by Crippen LogP contribution is 2.25. The topological polar surface area (TPSA) is 52.6 Å². The quantitative estimate of drug-likeness (QED) is 0.875. The standard InChI is InChI=1S/C15H22N2O2/c1-11-6-4-5-7-13(11)17-9-12(8-14(18)19)16-15(2,3)10-17/h4-7,12,16H,8-10H2,1-3H3,(H,18,19). The lowest BCUT2D eigenvalue weighted by molar-refractivity contribution is -0.137. The average molecular weight is 262 g/mol. The smallest absolute Gasteiger partial charge is 0.304 e. The lowest BCUT2D eigenvalue weighted by Crippen LogP contribution is -2.62. The molecule has 0 aliphatic carbocycles. The van der Waals surface area contributed by atoms with Crippen LogP contribution in [0, 0.1) is 6.92 Å². The van der Waals surface area contributed by atoms with E-state index in [9.17, 15) is 4.79 Å². The summed E-state index contributed by atoms with van der Waals surface area (Å²) >= 11 is 0. The van der Waals surface area contributed by atoms with Crippen molar-refractivity contribution in [3.63, 3.8) is 0 Å². The minimum atomic E-state index is -0.750. The molecule has 0 saturated carbocycles. The molecule has 1 aromatic rings. The van der Waals surface area contributed by atoms with Gasteiger partial charge in [-0.25, -0.2) is 0 Å². The van der Waals surface area contributed by atoms with Crippen molar-refractivity contribution in [3.05, 3.63) is 29.8 Å². The summed E-state index contributed by atoms with van der Waals surface area (Å²) in [6.45, 7) is 7.95. The number of hydrogen-bond acceptors (Lipinski definition) is 3. The van der Waals surface area contributed by atoms with Gasteiger partial charge in [0.25, 0.3) is 0 Å². The number of carbonyl (C=O) groups is 1. The molecular formula is C15H22N2O2. The third-order valence-corrected chi connectivity index (χ3v) is 3.50. The van der Waals surface area contributed by atoms with E-state index in [0.717, 1.165) is 13.1 Å². The van der Waals surface area contributed by atoms with Crippen LogP contribution in [-0.2, 0) is 4.79 Å². The first-order valence-electron chi connectivity index (χ1n) is 6.67. The molecule has 1 fully saturated rings. The van der Waals surface area contributed by atoms with Crippen LogP contribution in [0.2, 0.25) is 0 Å². The molecule has 0 spiro atoms. The number of nitrogens with zero attached hydrogens (tertiary/aromatic N) is 1. The van der Waals surface area contributed by atoms with Crippen molar-refractivity contribution < 1.29 is 9.90 Å². The first-order valence-corrected chi connectivity index (χ1v) is 6.67. The molecule has 0 bridgehead atoms. The molecule has 104 valence electrons. The fourth-order valence-corrected chi connectivity index (χ4v) is 2.88. The monoisotopic (exact) mass is 262 g/mol. The van der Waals surface area contributed by atoms with Crippen LogP contribution >= 0.6 is 0 Å². The molecule has 2 N–H and O–H groups in total. The van der Waals surface area contributed by atoms with Gasteiger partial charge in [-0.2, -0.15) is 0 Å². The second-order valence-electron chi connectivity index (χ2n) is 5.99. The minimum Gasteiger partial charge on any atom is -0.481 e. The fourth-order valence-electron chi connectivity index (χ4n) is 2.88. The van der Waals surface area contributed by atoms with E-state index in [-0.39, 0.29) is 18.0 Å². The Morgan fingerprint density at radius 3 is 2.79 bits per heavy atom. The lowest BCUT2D eigenvalue weighted by Gasteiger charge is -2.45. The molecule has 1 saturated heterocycles. The summed E-state index contributed by atoms with van der Waals surface area (Å²) in [5, 5.41) is 12.4. The summed E-state index contributed by atoms with van der Waals surface area (Å²) in [5.74, 6) is -0.750. The molecule has 1 aliphatic heterocycles. The van der Waals surface area contributed by atoms with E-state index in [1.54, 1.807) is 0 Å². The Morgan fingerprint density at radius 2 is 2.16 bits per heavy atom. The van der Waals surface area contributed by atoms with Crippen LogP contribution in [0.5, 0.6) is 0 Å². The van der Waals surface area contributed by atoms with E-state index in [2.05, 4.69) is 43.1 Å². The summed E-state index contributed by atoms with van der Waals surface area (Å²) in [6, 6.07) is 8.25. The van der Waals surface area contributed by atoms with Crippen LogP contribution in [0.25, 0.3) is 0 Å². The summed E-state index contributed by atoms with van der Waals surface area (Å²) < 4.78 is 0. The van der Waals surface area contributed by atoms with Gasteiger partial charge in [-0.15, -0.1) is 0 Å². The van der Waals surface area contributed by atoms with E-state index in [1.807, 2.05) is 12.1 Å². The van der Waals surface area contributed by atoms with Crippen molar-refractivity contribution >= 4 is 11.7 Å². The second kappa shape index (κ2) is 5.21. The number of benzene rings is 1. The predicted molar refractivity (Wildman–Crippen MR) is 76.6 cm³/mol. The number of rotatable bonds is 3. The first-order chi connectivity index (χ1) is 8.87. The molecular weight excluding hydrogens is 240 g/mol. The zero-order valence-electron chi connectivity index (χ0n) is 11.8. The normalized spacial score (nSPS) is 22.3. The largest absolute Gasteiger partial charge is 0.481 e. The molecule has 0 amide bonds. The number of carboxylic acid groups (broad SMARTS) is 1. The number of piperazine rings is 1. The predicted octanol–water partition coefficient (Wildman–Crippen LogP) is 2.03. The van der Waals surface area contributed by atoms with Gasteiger partial charge in [0.05, 0.1) is 6.42 Å². The number of carboxylic acids is 1. The summed E-state index contributed by atoms with van der Waals surface area (Å²) in [4.78, 5) is 13.2. The van der Waals surface area contributed by atoms with Gasteiger partial charge in [0.2, 0.25) is 0 Å². The molecule has 0 aromatic heterocycles. The Morgan fingerprint density at radius 1 is 1.47 bits per heavy atom. The maximum atomic E-state index is 10.9. The van der Waals surface area contributed by atoms with E-state index >= 15 is 0 Å². The van der Waals surface area contributed by atoms with Gasteiger partial charge in [-0.3, -0.25) is 4.79 Å². The van der Waals surface area contributed by atoms with Crippen molar-refractivity contribution in [2.75, 3.05) is 18.0 Å². The van der Waals surface area contributed by atoms with Crippen LogP contribution in [-0.4, -0.2) is 35.7 Å². The van der Waals surface area contributed by atoms with Gasteiger partial charge in [0.15, 0.2) is 0 Å². The van der Waals surface area contributed by atoms with Crippen molar-refractivity contribution in [3.8, 4) is 0 Å². The lowest BCUT2D eigenvalue weighted by atomic mass is 9.96. The number of nitrogens with one attached hydrogen (secondary N) is 1. The SMILES string of the molecule is Cc1ccccc1N1CC(CC(=O)O)NC(C)(C)C1. The highest BCUT2D eigenvalue weighted by atomic mass is 16.4. The van der Waals surface area contributed by atoms with E-state index in [4.69, 9.17) is 5.11 Å². The third kappa shape index (κ3) is 3.47. The molecule has 1 aliphatic rings. The van der Waals surface area contributed by atoms with Gasteiger partial charge < -0.3 is 15.3 Å².